The number of rotatable bonds is 5. The normalized spacial score (nSPS) is 10.3. The molecule has 20 heavy (non-hydrogen) atoms. The molecule has 0 unspecified atom stereocenters. The molecule has 0 atom stereocenters. The third kappa shape index (κ3) is 3.32. The minimum absolute atomic E-state index is 0.158. The first kappa shape index (κ1) is 14.0. The van der Waals surface area contributed by atoms with Crippen LogP contribution in [0.1, 0.15) is 21.5 Å². The lowest BCUT2D eigenvalue weighted by Crippen LogP contribution is -2.12. The molecule has 1 heterocycles. The smallest absolute Gasteiger partial charge is 0.339 e. The number of anilines is 1. The van der Waals surface area contributed by atoms with Gasteiger partial charge in [0.1, 0.15) is 17.2 Å². The number of halogens is 1. The lowest BCUT2D eigenvalue weighted by Gasteiger charge is -2.09. The number of aryl methyl sites for hydroxylation is 1. The molecule has 0 aliphatic carbocycles. The number of benzene rings is 1. The van der Waals surface area contributed by atoms with Gasteiger partial charge in [0, 0.05) is 6.54 Å². The molecule has 0 saturated heterocycles. The van der Waals surface area contributed by atoms with Gasteiger partial charge in [0.2, 0.25) is 0 Å². The Kier molecular flexibility index (Phi) is 4.30. The van der Waals surface area contributed by atoms with Crippen LogP contribution in [0.15, 0.2) is 36.5 Å². The average Bonchev–Trinajstić information content (AvgIpc) is 2.42. The fourth-order valence-electron chi connectivity index (χ4n) is 1.95. The van der Waals surface area contributed by atoms with E-state index >= 15 is 0 Å². The summed E-state index contributed by atoms with van der Waals surface area (Å²) in [4.78, 5) is 14.8. The second kappa shape index (κ2) is 6.14. The molecule has 2 rings (SSSR count). The van der Waals surface area contributed by atoms with Crippen LogP contribution in [0.4, 0.5) is 10.2 Å². The number of nitrogens with one attached hydrogen (secondary N) is 1. The highest BCUT2D eigenvalue weighted by molar-refractivity contribution is 5.93. The van der Waals surface area contributed by atoms with Crippen molar-refractivity contribution in [1.29, 1.82) is 0 Å². The number of carboxylic acids is 1. The highest BCUT2D eigenvalue weighted by Gasteiger charge is 2.12. The summed E-state index contributed by atoms with van der Waals surface area (Å²) in [5.74, 6) is -1.67. The molecule has 104 valence electrons. The molecule has 2 aromatic rings. The van der Waals surface area contributed by atoms with E-state index < -0.39 is 11.8 Å². The van der Waals surface area contributed by atoms with Crippen LogP contribution in [-0.4, -0.2) is 22.6 Å². The summed E-state index contributed by atoms with van der Waals surface area (Å²) >= 11 is 0. The second-order valence-electron chi connectivity index (χ2n) is 4.46. The van der Waals surface area contributed by atoms with Crippen LogP contribution in [0.2, 0.25) is 0 Å². The van der Waals surface area contributed by atoms with E-state index in [0.717, 1.165) is 18.7 Å². The van der Waals surface area contributed by atoms with Crippen LogP contribution < -0.4 is 5.32 Å². The van der Waals surface area contributed by atoms with Crippen LogP contribution in [-0.2, 0) is 6.42 Å². The summed E-state index contributed by atoms with van der Waals surface area (Å²) in [5.41, 5.74) is 2.20. The fourth-order valence-corrected chi connectivity index (χ4v) is 1.95. The average molecular weight is 274 g/mol. The molecule has 4 nitrogen and oxygen atoms in total. The molecule has 0 spiro atoms. The maximum Gasteiger partial charge on any atom is 0.339 e. The van der Waals surface area contributed by atoms with Crippen molar-refractivity contribution in [3.8, 4) is 0 Å². The lowest BCUT2D eigenvalue weighted by atomic mass is 10.1. The molecular formula is C15H15FN2O2. The highest BCUT2D eigenvalue weighted by Crippen LogP contribution is 2.14. The predicted octanol–water partition coefficient (Wildman–Crippen LogP) is 2.88. The molecule has 0 bridgehead atoms. The van der Waals surface area contributed by atoms with Crippen LogP contribution in [0.25, 0.3) is 0 Å². The zero-order valence-electron chi connectivity index (χ0n) is 11.1. The Bertz CT molecular complexity index is 629. The summed E-state index contributed by atoms with van der Waals surface area (Å²) in [6.45, 7) is 2.55. The van der Waals surface area contributed by atoms with Crippen molar-refractivity contribution in [3.05, 3.63) is 59.0 Å². The quantitative estimate of drug-likeness (QED) is 0.880. The number of hydrogen-bond acceptors (Lipinski definition) is 3. The third-order valence-corrected chi connectivity index (χ3v) is 3.03. The van der Waals surface area contributed by atoms with E-state index in [1.165, 1.54) is 11.1 Å². The van der Waals surface area contributed by atoms with Gasteiger partial charge in [-0.05, 0) is 30.5 Å². The SMILES string of the molecule is Cc1ccccc1CCNc1ncc(F)cc1C(=O)O. The van der Waals surface area contributed by atoms with Crippen LogP contribution in [0.5, 0.6) is 0 Å². The van der Waals surface area contributed by atoms with Gasteiger partial charge in [-0.1, -0.05) is 24.3 Å². The van der Waals surface area contributed by atoms with Crippen LogP contribution in [0, 0.1) is 12.7 Å². The van der Waals surface area contributed by atoms with E-state index in [1.54, 1.807) is 0 Å². The van der Waals surface area contributed by atoms with Gasteiger partial charge in [-0.25, -0.2) is 14.2 Å². The summed E-state index contributed by atoms with van der Waals surface area (Å²) in [6.07, 6.45) is 1.74. The van der Waals surface area contributed by atoms with E-state index in [0.29, 0.717) is 6.54 Å². The van der Waals surface area contributed by atoms with Crippen LogP contribution in [0.3, 0.4) is 0 Å². The van der Waals surface area contributed by atoms with Crippen molar-refractivity contribution in [3.63, 3.8) is 0 Å². The molecule has 1 aromatic heterocycles. The molecule has 0 aliphatic rings. The zero-order chi connectivity index (χ0) is 14.5. The first-order chi connectivity index (χ1) is 9.58. The Morgan fingerprint density at radius 3 is 2.85 bits per heavy atom. The first-order valence-corrected chi connectivity index (χ1v) is 6.25. The molecule has 0 fully saturated rings. The van der Waals surface area contributed by atoms with Crippen molar-refractivity contribution in [1.82, 2.24) is 4.98 Å². The zero-order valence-corrected chi connectivity index (χ0v) is 11.1. The molecular weight excluding hydrogens is 259 g/mol. The minimum atomic E-state index is -1.20. The van der Waals surface area contributed by atoms with Crippen molar-refractivity contribution in [2.24, 2.45) is 0 Å². The Morgan fingerprint density at radius 1 is 1.40 bits per heavy atom. The van der Waals surface area contributed by atoms with Gasteiger partial charge >= 0.3 is 5.97 Å². The molecule has 0 amide bonds. The highest BCUT2D eigenvalue weighted by atomic mass is 19.1. The van der Waals surface area contributed by atoms with E-state index in [4.69, 9.17) is 5.11 Å². The molecule has 2 N–H and O–H groups in total. The number of aromatic carboxylic acids is 1. The first-order valence-electron chi connectivity index (χ1n) is 6.25. The molecule has 0 saturated carbocycles. The topological polar surface area (TPSA) is 62.2 Å². The molecule has 1 aromatic carbocycles. The fraction of sp³-hybridized carbons (Fsp3) is 0.200. The molecule has 0 aliphatic heterocycles. The van der Waals surface area contributed by atoms with Gasteiger partial charge < -0.3 is 10.4 Å². The Hall–Kier alpha value is -2.43. The Balaban J connectivity index is 2.05. The van der Waals surface area contributed by atoms with Gasteiger partial charge in [-0.2, -0.15) is 0 Å². The lowest BCUT2D eigenvalue weighted by molar-refractivity contribution is 0.0697. The van der Waals surface area contributed by atoms with E-state index in [9.17, 15) is 9.18 Å². The van der Waals surface area contributed by atoms with Crippen molar-refractivity contribution in [2.75, 3.05) is 11.9 Å². The summed E-state index contributed by atoms with van der Waals surface area (Å²) in [7, 11) is 0. The monoisotopic (exact) mass is 274 g/mol. The predicted molar refractivity (Wildman–Crippen MR) is 74.5 cm³/mol. The maximum absolute atomic E-state index is 13.0. The second-order valence-corrected chi connectivity index (χ2v) is 4.46. The van der Waals surface area contributed by atoms with Gasteiger partial charge in [0.05, 0.1) is 6.20 Å². The third-order valence-electron chi connectivity index (χ3n) is 3.03. The minimum Gasteiger partial charge on any atom is -0.478 e. The van der Waals surface area contributed by atoms with Crippen molar-refractivity contribution in [2.45, 2.75) is 13.3 Å². The number of carbonyl (C=O) groups is 1. The summed E-state index contributed by atoms with van der Waals surface area (Å²) < 4.78 is 13.0. The number of pyridine rings is 1. The van der Waals surface area contributed by atoms with Crippen LogP contribution >= 0.6 is 0 Å². The summed E-state index contributed by atoms with van der Waals surface area (Å²) in [5, 5.41) is 11.9. The number of hydrogen-bond donors (Lipinski definition) is 2. The Labute approximate surface area is 116 Å². The van der Waals surface area contributed by atoms with Gasteiger partial charge in [0.25, 0.3) is 0 Å². The van der Waals surface area contributed by atoms with E-state index in [-0.39, 0.29) is 11.4 Å². The molecule has 5 heteroatoms. The van der Waals surface area contributed by atoms with Crippen molar-refractivity contribution < 1.29 is 14.3 Å². The van der Waals surface area contributed by atoms with Gasteiger partial charge in [-0.15, -0.1) is 0 Å². The summed E-state index contributed by atoms with van der Waals surface area (Å²) in [6, 6.07) is 8.93. The molecule has 0 radical (unpaired) electrons. The largest absolute Gasteiger partial charge is 0.478 e. The Morgan fingerprint density at radius 2 is 2.15 bits per heavy atom. The number of nitrogens with zero attached hydrogens (tertiary/aromatic N) is 1. The van der Waals surface area contributed by atoms with Crippen molar-refractivity contribution >= 4 is 11.8 Å². The van der Waals surface area contributed by atoms with Gasteiger partial charge in [-0.3, -0.25) is 0 Å². The number of carboxylic acid groups (broad SMARTS) is 1. The van der Waals surface area contributed by atoms with E-state index in [1.807, 2.05) is 31.2 Å². The van der Waals surface area contributed by atoms with E-state index in [2.05, 4.69) is 10.3 Å². The standard InChI is InChI=1S/C15H15FN2O2/c1-10-4-2-3-5-11(10)6-7-17-14-13(15(19)20)8-12(16)9-18-14/h2-5,8-9H,6-7H2,1H3,(H,17,18)(H,19,20). The number of aromatic nitrogens is 1. The maximum atomic E-state index is 13.0. The van der Waals surface area contributed by atoms with Gasteiger partial charge in [0.15, 0.2) is 0 Å².